The Kier molecular flexibility index (Phi) is 7.74. The van der Waals surface area contributed by atoms with Crippen molar-refractivity contribution in [2.24, 2.45) is 0 Å². The van der Waals surface area contributed by atoms with Crippen LogP contribution in [0, 0.1) is 6.92 Å². The largest absolute Gasteiger partial charge is 0.505 e. The van der Waals surface area contributed by atoms with Gasteiger partial charge in [-0.3, -0.25) is 14.0 Å². The van der Waals surface area contributed by atoms with Crippen molar-refractivity contribution in [2.75, 3.05) is 32.8 Å². The van der Waals surface area contributed by atoms with Crippen LogP contribution in [-0.2, 0) is 9.59 Å². The molecule has 8 nitrogen and oxygen atoms in total. The lowest BCUT2D eigenvalue weighted by Gasteiger charge is -2.28. The minimum atomic E-state index is -0.713. The monoisotopic (exact) mass is 490 g/mol. The molecule has 3 heterocycles. The zero-order valence-electron chi connectivity index (χ0n) is 21.4. The van der Waals surface area contributed by atoms with Crippen molar-refractivity contribution in [3.63, 3.8) is 0 Å². The predicted octanol–water partition coefficient (Wildman–Crippen LogP) is 4.20. The lowest BCUT2D eigenvalue weighted by atomic mass is 9.96. The van der Waals surface area contributed by atoms with Crippen molar-refractivity contribution in [1.29, 1.82) is 0 Å². The first kappa shape index (κ1) is 25.4. The zero-order valence-corrected chi connectivity index (χ0v) is 21.4. The number of likely N-dealkylation sites (N-methyl/N-ethyl adjacent to an activating group) is 1. The lowest BCUT2D eigenvalue weighted by molar-refractivity contribution is -0.140. The molecule has 0 radical (unpaired) electrons. The number of hydrogen-bond acceptors (Lipinski definition) is 6. The van der Waals surface area contributed by atoms with Crippen LogP contribution >= 0.6 is 0 Å². The smallest absolute Gasteiger partial charge is 0.295 e. The number of nitrogens with zero attached hydrogens (tertiary/aromatic N) is 4. The molecule has 2 aromatic heterocycles. The number of aliphatic hydroxyl groups is 1. The van der Waals surface area contributed by atoms with Gasteiger partial charge in [-0.15, -0.1) is 0 Å². The van der Waals surface area contributed by atoms with Gasteiger partial charge in [0.1, 0.15) is 17.1 Å². The van der Waals surface area contributed by atoms with Gasteiger partial charge in [0.15, 0.2) is 5.76 Å². The lowest BCUT2D eigenvalue weighted by Crippen LogP contribution is -2.38. The maximum absolute atomic E-state index is 13.4. The summed E-state index contributed by atoms with van der Waals surface area (Å²) in [5.41, 5.74) is 2.47. The van der Waals surface area contributed by atoms with Gasteiger partial charge < -0.3 is 19.6 Å². The van der Waals surface area contributed by atoms with Gasteiger partial charge in [-0.2, -0.15) is 0 Å². The third-order valence-electron chi connectivity index (χ3n) is 6.69. The summed E-state index contributed by atoms with van der Waals surface area (Å²) < 4.78 is 7.46. The third kappa shape index (κ3) is 4.73. The molecule has 1 aliphatic rings. The molecule has 190 valence electrons. The minimum absolute atomic E-state index is 0.0792. The first-order valence-electron chi connectivity index (χ1n) is 12.6. The summed E-state index contributed by atoms with van der Waals surface area (Å²) in [6.07, 6.45) is 2.68. The molecular weight excluding hydrogens is 456 g/mol. The van der Waals surface area contributed by atoms with Gasteiger partial charge in [0, 0.05) is 19.3 Å². The van der Waals surface area contributed by atoms with Crippen LogP contribution in [0.15, 0.2) is 54.2 Å². The number of aliphatic hydroxyl groups excluding tert-OH is 1. The van der Waals surface area contributed by atoms with Gasteiger partial charge in [0.05, 0.1) is 23.9 Å². The molecule has 3 aromatic rings. The summed E-state index contributed by atoms with van der Waals surface area (Å²) in [4.78, 5) is 35.0. The standard InChI is InChI=1S/C28H34N4O4/c1-5-18-36-21-13-11-20(12-14-21)25-23(27(34)28(35)32(25)17-16-30(6-2)7-3)26(33)24-19(4)29-22-10-8-9-15-31(22)24/h8-15,25,33H,5-7,16-18H2,1-4H3. The van der Waals surface area contributed by atoms with Crippen molar-refractivity contribution in [1.82, 2.24) is 19.2 Å². The van der Waals surface area contributed by atoms with E-state index in [0.717, 1.165) is 30.8 Å². The molecule has 1 N–H and O–H groups in total. The van der Waals surface area contributed by atoms with Crippen LogP contribution in [0.2, 0.25) is 0 Å². The number of likely N-dealkylation sites (tertiary alicyclic amines) is 1. The van der Waals surface area contributed by atoms with Crippen LogP contribution in [-0.4, -0.2) is 68.8 Å². The average molecular weight is 491 g/mol. The van der Waals surface area contributed by atoms with Crippen molar-refractivity contribution in [3.8, 4) is 5.75 Å². The quantitative estimate of drug-likeness (QED) is 0.260. The molecule has 0 bridgehead atoms. The Labute approximate surface area is 211 Å². The average Bonchev–Trinajstić information content (AvgIpc) is 3.36. The Morgan fingerprint density at radius 3 is 2.47 bits per heavy atom. The number of carbonyl (C=O) groups excluding carboxylic acids is 2. The van der Waals surface area contributed by atoms with E-state index < -0.39 is 17.7 Å². The number of imidazole rings is 1. The van der Waals surface area contributed by atoms with Crippen LogP contribution in [0.25, 0.3) is 11.4 Å². The molecule has 1 amide bonds. The number of ketones is 1. The Hall–Kier alpha value is -3.65. The number of aryl methyl sites for hydroxylation is 1. The molecule has 0 aliphatic carbocycles. The normalized spacial score (nSPS) is 17.5. The number of carbonyl (C=O) groups is 2. The van der Waals surface area contributed by atoms with Gasteiger partial charge in [-0.1, -0.05) is 39.0 Å². The summed E-state index contributed by atoms with van der Waals surface area (Å²) >= 11 is 0. The number of rotatable bonds is 10. The summed E-state index contributed by atoms with van der Waals surface area (Å²) in [5, 5.41) is 11.6. The number of amides is 1. The molecule has 4 rings (SSSR count). The fourth-order valence-corrected chi connectivity index (χ4v) is 4.74. The van der Waals surface area contributed by atoms with Crippen LogP contribution in [0.3, 0.4) is 0 Å². The molecule has 8 heteroatoms. The van der Waals surface area contributed by atoms with Crippen LogP contribution in [0.4, 0.5) is 0 Å². The van der Waals surface area contributed by atoms with E-state index in [0.29, 0.717) is 36.7 Å². The third-order valence-corrected chi connectivity index (χ3v) is 6.69. The SMILES string of the molecule is CCCOc1ccc(C2C(=C(O)c3c(C)nc4ccccn34)C(=O)C(=O)N2CCN(CC)CC)cc1. The van der Waals surface area contributed by atoms with Gasteiger partial charge in [0.2, 0.25) is 0 Å². The second kappa shape index (κ2) is 11.0. The highest BCUT2D eigenvalue weighted by molar-refractivity contribution is 6.46. The molecule has 36 heavy (non-hydrogen) atoms. The summed E-state index contributed by atoms with van der Waals surface area (Å²) in [6.45, 7) is 11.2. The molecule has 1 aromatic carbocycles. The summed E-state index contributed by atoms with van der Waals surface area (Å²) in [7, 11) is 0. The van der Waals surface area contributed by atoms with Gasteiger partial charge in [0.25, 0.3) is 11.7 Å². The molecule has 1 fully saturated rings. The topological polar surface area (TPSA) is 87.4 Å². The van der Waals surface area contributed by atoms with E-state index in [1.807, 2.05) is 49.4 Å². The highest BCUT2D eigenvalue weighted by Crippen LogP contribution is 2.40. The van der Waals surface area contributed by atoms with Gasteiger partial charge >= 0.3 is 0 Å². The van der Waals surface area contributed by atoms with E-state index in [2.05, 4.69) is 23.7 Å². The number of Topliss-reactive ketones (excluding diaryl/α,β-unsaturated/α-hetero) is 1. The number of ether oxygens (including phenoxy) is 1. The van der Waals surface area contributed by atoms with Crippen molar-refractivity contribution >= 4 is 23.1 Å². The maximum atomic E-state index is 13.4. The van der Waals surface area contributed by atoms with Crippen LogP contribution in [0.5, 0.6) is 5.75 Å². The molecule has 0 spiro atoms. The number of fused-ring (bicyclic) bond motifs is 1. The van der Waals surface area contributed by atoms with E-state index in [1.54, 1.807) is 22.4 Å². The van der Waals surface area contributed by atoms with Crippen LogP contribution in [0.1, 0.15) is 50.2 Å². The highest BCUT2D eigenvalue weighted by Gasteiger charge is 2.46. The molecule has 0 saturated carbocycles. The Bertz CT molecular complexity index is 1270. The predicted molar refractivity (Wildman–Crippen MR) is 139 cm³/mol. The van der Waals surface area contributed by atoms with Crippen molar-refractivity contribution in [2.45, 2.75) is 40.2 Å². The molecular formula is C28H34N4O4. The van der Waals surface area contributed by atoms with Gasteiger partial charge in [-0.25, -0.2) is 4.98 Å². The fourth-order valence-electron chi connectivity index (χ4n) is 4.74. The molecule has 1 atom stereocenters. The summed E-state index contributed by atoms with van der Waals surface area (Å²) in [5.74, 6) is -0.787. The minimum Gasteiger partial charge on any atom is -0.505 e. The van der Waals surface area contributed by atoms with E-state index >= 15 is 0 Å². The Balaban J connectivity index is 1.83. The van der Waals surface area contributed by atoms with E-state index in [4.69, 9.17) is 4.74 Å². The number of hydrogen-bond donors (Lipinski definition) is 1. The van der Waals surface area contributed by atoms with E-state index in [-0.39, 0.29) is 11.3 Å². The maximum Gasteiger partial charge on any atom is 0.295 e. The first-order chi connectivity index (χ1) is 17.4. The van der Waals surface area contributed by atoms with E-state index in [1.165, 1.54) is 0 Å². The fraction of sp³-hybridized carbons (Fsp3) is 0.393. The number of pyridine rings is 1. The van der Waals surface area contributed by atoms with Gasteiger partial charge in [-0.05, 0) is 56.3 Å². The first-order valence-corrected chi connectivity index (χ1v) is 12.6. The molecule has 1 saturated heterocycles. The Morgan fingerprint density at radius 1 is 1.08 bits per heavy atom. The molecule has 1 aliphatic heterocycles. The Morgan fingerprint density at radius 2 is 1.81 bits per heavy atom. The number of aromatic nitrogens is 2. The summed E-state index contributed by atoms with van der Waals surface area (Å²) in [6, 6.07) is 12.2. The number of benzene rings is 1. The second-order valence-electron chi connectivity index (χ2n) is 8.91. The van der Waals surface area contributed by atoms with Crippen molar-refractivity contribution in [3.05, 3.63) is 71.2 Å². The second-order valence-corrected chi connectivity index (χ2v) is 8.91. The zero-order chi connectivity index (χ0) is 25.8. The van der Waals surface area contributed by atoms with E-state index in [9.17, 15) is 14.7 Å². The highest BCUT2D eigenvalue weighted by atomic mass is 16.5. The van der Waals surface area contributed by atoms with Crippen LogP contribution < -0.4 is 4.74 Å². The van der Waals surface area contributed by atoms with Crippen molar-refractivity contribution < 1.29 is 19.4 Å². The molecule has 1 unspecified atom stereocenters.